The number of ether oxygens (including phenoxy) is 2. The molecule has 0 fully saturated rings. The summed E-state index contributed by atoms with van der Waals surface area (Å²) in [6.45, 7) is 12.5. The van der Waals surface area contributed by atoms with E-state index in [9.17, 15) is 14.4 Å². The molecule has 36 heavy (non-hydrogen) atoms. The lowest BCUT2D eigenvalue weighted by Gasteiger charge is -2.23. The molecule has 9 nitrogen and oxygen atoms in total. The number of aromatic nitrogens is 2. The lowest BCUT2D eigenvalue weighted by molar-refractivity contribution is -0.121. The molecule has 2 aromatic rings. The van der Waals surface area contributed by atoms with Crippen LogP contribution in [0.1, 0.15) is 82.9 Å². The minimum Gasteiger partial charge on any atom is -0.456 e. The number of rotatable bonds is 7. The van der Waals surface area contributed by atoms with Crippen molar-refractivity contribution in [1.29, 1.82) is 0 Å². The van der Waals surface area contributed by atoms with Crippen molar-refractivity contribution in [3.63, 3.8) is 0 Å². The first-order chi connectivity index (χ1) is 16.8. The summed E-state index contributed by atoms with van der Waals surface area (Å²) in [6, 6.07) is 7.26. The van der Waals surface area contributed by atoms with Gasteiger partial charge in [0.15, 0.2) is 0 Å². The molecule has 2 heterocycles. The maximum atomic E-state index is 12.3. The standard InChI is InChI=1S/C27H38N4O5/c1-26(2,3)35-24(33)19-11-9-18(10-12-19)21-17-31-15-7-8-20(23(31)30-21)16-29-22(32)13-14-28-25(34)36-27(4,5)6/h9-12,17,20H,7-8,13-16H2,1-6H3,(H,28,34)(H,29,32). The van der Waals surface area contributed by atoms with Crippen LogP contribution < -0.4 is 10.6 Å². The number of hydrogen-bond donors (Lipinski definition) is 2. The fourth-order valence-electron chi connectivity index (χ4n) is 3.94. The van der Waals surface area contributed by atoms with Gasteiger partial charge in [-0.15, -0.1) is 0 Å². The van der Waals surface area contributed by atoms with Crippen molar-refractivity contribution < 1.29 is 23.9 Å². The van der Waals surface area contributed by atoms with Crippen LogP contribution in [0.3, 0.4) is 0 Å². The monoisotopic (exact) mass is 498 g/mol. The number of benzene rings is 1. The second-order valence-electron chi connectivity index (χ2n) is 11.1. The molecule has 1 aliphatic heterocycles. The zero-order valence-electron chi connectivity index (χ0n) is 22.1. The zero-order valence-corrected chi connectivity index (χ0v) is 22.1. The van der Waals surface area contributed by atoms with Crippen LogP contribution in [0.4, 0.5) is 4.79 Å². The normalized spacial score (nSPS) is 15.6. The summed E-state index contributed by atoms with van der Waals surface area (Å²) in [5.41, 5.74) is 1.13. The second-order valence-corrected chi connectivity index (χ2v) is 11.1. The van der Waals surface area contributed by atoms with Gasteiger partial charge in [-0.1, -0.05) is 12.1 Å². The fourth-order valence-corrected chi connectivity index (χ4v) is 3.94. The van der Waals surface area contributed by atoms with E-state index < -0.39 is 17.3 Å². The number of esters is 1. The first-order valence-corrected chi connectivity index (χ1v) is 12.4. The molecule has 0 saturated heterocycles. The van der Waals surface area contributed by atoms with Gasteiger partial charge in [-0.05, 0) is 66.5 Å². The van der Waals surface area contributed by atoms with Gasteiger partial charge in [-0.3, -0.25) is 4.79 Å². The molecule has 0 saturated carbocycles. The Bertz CT molecular complexity index is 1080. The Labute approximate surface area is 213 Å². The lowest BCUT2D eigenvalue weighted by atomic mass is 9.99. The number of nitrogens with zero attached hydrogens (tertiary/aromatic N) is 2. The highest BCUT2D eigenvalue weighted by molar-refractivity contribution is 5.90. The van der Waals surface area contributed by atoms with E-state index in [-0.39, 0.29) is 30.8 Å². The second kappa shape index (κ2) is 11.1. The van der Waals surface area contributed by atoms with Crippen molar-refractivity contribution in [3.8, 4) is 11.3 Å². The third kappa shape index (κ3) is 8.10. The number of alkyl carbamates (subject to hydrolysis) is 1. The summed E-state index contributed by atoms with van der Waals surface area (Å²) >= 11 is 0. The van der Waals surface area contributed by atoms with Crippen molar-refractivity contribution in [2.24, 2.45) is 0 Å². The van der Waals surface area contributed by atoms with E-state index in [4.69, 9.17) is 14.5 Å². The molecule has 1 aromatic carbocycles. The molecule has 0 spiro atoms. The van der Waals surface area contributed by atoms with Gasteiger partial charge in [-0.2, -0.15) is 0 Å². The molecule has 2 N–H and O–H groups in total. The molecule has 0 bridgehead atoms. The molecule has 2 amide bonds. The third-order valence-corrected chi connectivity index (χ3v) is 5.51. The van der Waals surface area contributed by atoms with Gasteiger partial charge in [0, 0.05) is 43.7 Å². The van der Waals surface area contributed by atoms with Crippen LogP contribution in [-0.2, 0) is 20.8 Å². The Morgan fingerprint density at radius 2 is 1.67 bits per heavy atom. The van der Waals surface area contributed by atoms with Crippen LogP contribution in [0.15, 0.2) is 30.5 Å². The molecule has 3 rings (SSSR count). The molecule has 1 unspecified atom stereocenters. The summed E-state index contributed by atoms with van der Waals surface area (Å²) in [5.74, 6) is 0.568. The minimum absolute atomic E-state index is 0.108. The number of carbonyl (C=O) groups is 3. The van der Waals surface area contributed by atoms with E-state index in [0.29, 0.717) is 12.1 Å². The number of amides is 2. The molecule has 1 aromatic heterocycles. The van der Waals surface area contributed by atoms with Crippen molar-refractivity contribution in [2.75, 3.05) is 13.1 Å². The average molecular weight is 499 g/mol. The van der Waals surface area contributed by atoms with Crippen LogP contribution in [0, 0.1) is 0 Å². The zero-order chi connectivity index (χ0) is 26.5. The van der Waals surface area contributed by atoms with Crippen LogP contribution in [-0.4, -0.2) is 51.8 Å². The smallest absolute Gasteiger partial charge is 0.407 e. The number of imidazole rings is 1. The van der Waals surface area contributed by atoms with Crippen LogP contribution >= 0.6 is 0 Å². The van der Waals surface area contributed by atoms with Gasteiger partial charge in [0.25, 0.3) is 0 Å². The Kier molecular flexibility index (Phi) is 8.43. The molecular weight excluding hydrogens is 460 g/mol. The third-order valence-electron chi connectivity index (χ3n) is 5.51. The quantitative estimate of drug-likeness (QED) is 0.547. The number of aryl methyl sites for hydroxylation is 1. The maximum absolute atomic E-state index is 12.3. The van der Waals surface area contributed by atoms with E-state index >= 15 is 0 Å². The number of carbonyl (C=O) groups excluding carboxylic acids is 3. The highest BCUT2D eigenvalue weighted by atomic mass is 16.6. The van der Waals surface area contributed by atoms with Crippen molar-refractivity contribution in [2.45, 2.75) is 84.5 Å². The molecule has 0 aliphatic carbocycles. The Hall–Kier alpha value is -3.36. The predicted molar refractivity (Wildman–Crippen MR) is 137 cm³/mol. The number of fused-ring (bicyclic) bond motifs is 1. The van der Waals surface area contributed by atoms with Gasteiger partial charge in [0.1, 0.15) is 17.0 Å². The number of nitrogens with one attached hydrogen (secondary N) is 2. The first-order valence-electron chi connectivity index (χ1n) is 12.4. The summed E-state index contributed by atoms with van der Waals surface area (Å²) in [6.07, 6.45) is 3.61. The summed E-state index contributed by atoms with van der Waals surface area (Å²) < 4.78 is 12.7. The van der Waals surface area contributed by atoms with E-state index in [1.54, 1.807) is 32.9 Å². The van der Waals surface area contributed by atoms with Crippen molar-refractivity contribution in [3.05, 3.63) is 41.9 Å². The van der Waals surface area contributed by atoms with E-state index in [1.165, 1.54) is 0 Å². The molecule has 9 heteroatoms. The van der Waals surface area contributed by atoms with E-state index in [1.807, 2.05) is 39.1 Å². The lowest BCUT2D eigenvalue weighted by Crippen LogP contribution is -2.36. The minimum atomic E-state index is -0.575. The average Bonchev–Trinajstić information content (AvgIpc) is 3.20. The largest absolute Gasteiger partial charge is 0.456 e. The van der Waals surface area contributed by atoms with Crippen LogP contribution in [0.25, 0.3) is 11.3 Å². The van der Waals surface area contributed by atoms with Crippen LogP contribution in [0.2, 0.25) is 0 Å². The first kappa shape index (κ1) is 27.2. The summed E-state index contributed by atoms with van der Waals surface area (Å²) in [5, 5.41) is 5.57. The molecule has 1 atom stereocenters. The molecule has 196 valence electrons. The van der Waals surface area contributed by atoms with Gasteiger partial charge < -0.3 is 24.7 Å². The fraction of sp³-hybridized carbons (Fsp3) is 0.556. The highest BCUT2D eigenvalue weighted by Gasteiger charge is 2.24. The Morgan fingerprint density at radius 3 is 2.31 bits per heavy atom. The van der Waals surface area contributed by atoms with Crippen molar-refractivity contribution in [1.82, 2.24) is 20.2 Å². The van der Waals surface area contributed by atoms with E-state index in [2.05, 4.69) is 15.2 Å². The Morgan fingerprint density at radius 1 is 1.00 bits per heavy atom. The Balaban J connectivity index is 1.55. The van der Waals surface area contributed by atoms with Gasteiger partial charge in [-0.25, -0.2) is 14.6 Å². The van der Waals surface area contributed by atoms with Crippen molar-refractivity contribution >= 4 is 18.0 Å². The molecule has 0 radical (unpaired) electrons. The van der Waals surface area contributed by atoms with Gasteiger partial charge >= 0.3 is 12.1 Å². The van der Waals surface area contributed by atoms with Crippen LogP contribution in [0.5, 0.6) is 0 Å². The summed E-state index contributed by atoms with van der Waals surface area (Å²) in [7, 11) is 0. The predicted octanol–water partition coefficient (Wildman–Crippen LogP) is 4.41. The number of hydrogen-bond acceptors (Lipinski definition) is 6. The van der Waals surface area contributed by atoms with E-state index in [0.717, 1.165) is 36.5 Å². The van der Waals surface area contributed by atoms with Gasteiger partial charge in [0.05, 0.1) is 11.3 Å². The molecular formula is C27H38N4O5. The SMILES string of the molecule is CC(C)(C)OC(=O)NCCC(=O)NCC1CCCn2cc(-c3ccc(C(=O)OC(C)(C)C)cc3)nc21. The topological polar surface area (TPSA) is 112 Å². The highest BCUT2D eigenvalue weighted by Crippen LogP contribution is 2.30. The molecule has 1 aliphatic rings. The van der Waals surface area contributed by atoms with Gasteiger partial charge in [0.2, 0.25) is 5.91 Å². The summed E-state index contributed by atoms with van der Waals surface area (Å²) in [4.78, 5) is 41.2. The maximum Gasteiger partial charge on any atom is 0.407 e.